The molecule has 0 aliphatic rings. The number of unbranched alkanes of at least 4 members (excludes halogenated alkanes) is 1. The summed E-state index contributed by atoms with van der Waals surface area (Å²) in [5.74, 6) is 3.54. The summed E-state index contributed by atoms with van der Waals surface area (Å²) in [6.07, 6.45) is 8.91. The molecule has 1 rings (SSSR count). The summed E-state index contributed by atoms with van der Waals surface area (Å²) in [6, 6.07) is 4.15. The lowest BCUT2D eigenvalue weighted by Crippen LogP contribution is -2.12. The maximum atomic E-state index is 5.18. The summed E-state index contributed by atoms with van der Waals surface area (Å²) in [5, 5.41) is 3.25. The van der Waals surface area contributed by atoms with Crippen molar-refractivity contribution in [3.05, 3.63) is 23.9 Å². The van der Waals surface area contributed by atoms with E-state index in [0.29, 0.717) is 0 Å². The molecule has 0 aliphatic heterocycles. The zero-order valence-corrected chi connectivity index (χ0v) is 10.4. The highest BCUT2D eigenvalue weighted by molar-refractivity contribution is 5.36. The van der Waals surface area contributed by atoms with Crippen LogP contribution in [0.4, 0.5) is 5.82 Å². The molecule has 0 unspecified atom stereocenters. The molecule has 1 heterocycles. The second-order valence-corrected chi connectivity index (χ2v) is 4.92. The molecule has 86 valence electrons. The Kier molecular flexibility index (Phi) is 4.37. The summed E-state index contributed by atoms with van der Waals surface area (Å²) >= 11 is 0. The summed E-state index contributed by atoms with van der Waals surface area (Å²) < 4.78 is 0. The summed E-state index contributed by atoms with van der Waals surface area (Å²) in [6.45, 7) is 7.43. The third kappa shape index (κ3) is 3.94. The number of pyridine rings is 1. The van der Waals surface area contributed by atoms with Crippen LogP contribution >= 0.6 is 0 Å². The van der Waals surface area contributed by atoms with Gasteiger partial charge in [0.05, 0.1) is 0 Å². The molecule has 2 heteroatoms. The van der Waals surface area contributed by atoms with E-state index < -0.39 is 0 Å². The van der Waals surface area contributed by atoms with Crippen LogP contribution in [0, 0.1) is 12.3 Å². The lowest BCUT2D eigenvalue weighted by Gasteiger charge is -2.18. The van der Waals surface area contributed by atoms with Gasteiger partial charge in [0.15, 0.2) is 0 Å². The van der Waals surface area contributed by atoms with E-state index in [2.05, 4.69) is 43.1 Å². The van der Waals surface area contributed by atoms with E-state index in [0.717, 1.165) is 25.2 Å². The average Bonchev–Trinajstić information content (AvgIpc) is 2.24. The minimum Gasteiger partial charge on any atom is -0.370 e. The smallest absolute Gasteiger partial charge is 0.125 e. The molecule has 0 saturated carbocycles. The minimum absolute atomic E-state index is 0.162. The lowest BCUT2D eigenvalue weighted by atomic mass is 9.88. The highest BCUT2D eigenvalue weighted by Gasteiger charge is 2.13. The maximum Gasteiger partial charge on any atom is 0.125 e. The van der Waals surface area contributed by atoms with Crippen LogP contribution in [-0.4, -0.2) is 11.5 Å². The van der Waals surface area contributed by atoms with Crippen LogP contribution in [0.25, 0.3) is 0 Å². The standard InChI is InChI=1S/C14H20N2/c1-5-6-7-10-15-13-9-8-12(11-16-13)14(2,3)4/h1,8-9,11H,6-7,10H2,2-4H3,(H,15,16). The number of anilines is 1. The maximum absolute atomic E-state index is 5.18. The van der Waals surface area contributed by atoms with E-state index in [1.165, 1.54) is 5.56 Å². The van der Waals surface area contributed by atoms with Crippen molar-refractivity contribution in [1.82, 2.24) is 4.98 Å². The first-order valence-electron chi connectivity index (χ1n) is 5.68. The Morgan fingerprint density at radius 1 is 1.38 bits per heavy atom. The predicted molar refractivity (Wildman–Crippen MR) is 69.5 cm³/mol. The molecule has 1 N–H and O–H groups in total. The van der Waals surface area contributed by atoms with Gasteiger partial charge in [-0.15, -0.1) is 12.3 Å². The predicted octanol–water partition coefficient (Wildman–Crippen LogP) is 3.20. The molecule has 2 nitrogen and oxygen atoms in total. The Morgan fingerprint density at radius 3 is 2.62 bits per heavy atom. The molecule has 0 bridgehead atoms. The molecular weight excluding hydrogens is 196 g/mol. The molecule has 0 amide bonds. The first-order valence-corrected chi connectivity index (χ1v) is 5.68. The van der Waals surface area contributed by atoms with Gasteiger partial charge in [-0.25, -0.2) is 4.98 Å². The largest absolute Gasteiger partial charge is 0.370 e. The quantitative estimate of drug-likeness (QED) is 0.617. The molecule has 0 atom stereocenters. The van der Waals surface area contributed by atoms with Gasteiger partial charge in [-0.1, -0.05) is 26.8 Å². The highest BCUT2D eigenvalue weighted by atomic mass is 15.0. The minimum atomic E-state index is 0.162. The Balaban J connectivity index is 2.49. The fraction of sp³-hybridized carbons (Fsp3) is 0.500. The van der Waals surface area contributed by atoms with Crippen LogP contribution in [0.1, 0.15) is 39.2 Å². The average molecular weight is 216 g/mol. The molecule has 0 fully saturated rings. The van der Waals surface area contributed by atoms with Gasteiger partial charge in [0.25, 0.3) is 0 Å². The van der Waals surface area contributed by atoms with E-state index in [9.17, 15) is 0 Å². The van der Waals surface area contributed by atoms with Crippen molar-refractivity contribution >= 4 is 5.82 Å². The molecule has 0 spiro atoms. The van der Waals surface area contributed by atoms with Gasteiger partial charge in [-0.2, -0.15) is 0 Å². The fourth-order valence-electron chi connectivity index (χ4n) is 1.35. The van der Waals surface area contributed by atoms with Crippen LogP contribution in [0.5, 0.6) is 0 Å². The number of nitrogens with zero attached hydrogens (tertiary/aromatic N) is 1. The third-order valence-electron chi connectivity index (χ3n) is 2.43. The van der Waals surface area contributed by atoms with Gasteiger partial charge in [0.1, 0.15) is 5.82 Å². The van der Waals surface area contributed by atoms with E-state index in [4.69, 9.17) is 6.42 Å². The topological polar surface area (TPSA) is 24.9 Å². The van der Waals surface area contributed by atoms with Crippen LogP contribution in [0.2, 0.25) is 0 Å². The second kappa shape index (κ2) is 5.55. The van der Waals surface area contributed by atoms with Gasteiger partial charge < -0.3 is 5.32 Å². The van der Waals surface area contributed by atoms with Crippen molar-refractivity contribution in [3.63, 3.8) is 0 Å². The molecule has 0 radical (unpaired) electrons. The van der Waals surface area contributed by atoms with Gasteiger partial charge in [0, 0.05) is 19.2 Å². The molecule has 16 heavy (non-hydrogen) atoms. The van der Waals surface area contributed by atoms with Crippen molar-refractivity contribution in [3.8, 4) is 12.3 Å². The monoisotopic (exact) mass is 216 g/mol. The van der Waals surface area contributed by atoms with E-state index in [-0.39, 0.29) is 5.41 Å². The first kappa shape index (κ1) is 12.6. The number of nitrogens with one attached hydrogen (secondary N) is 1. The number of hydrogen-bond donors (Lipinski definition) is 1. The molecular formula is C14H20N2. The van der Waals surface area contributed by atoms with E-state index in [1.54, 1.807) is 0 Å². The number of aromatic nitrogens is 1. The van der Waals surface area contributed by atoms with Crippen molar-refractivity contribution in [2.24, 2.45) is 0 Å². The molecule has 0 saturated heterocycles. The zero-order chi connectivity index (χ0) is 12.0. The number of rotatable bonds is 4. The van der Waals surface area contributed by atoms with E-state index in [1.807, 2.05) is 12.3 Å². The molecule has 1 aromatic heterocycles. The Morgan fingerprint density at radius 2 is 2.12 bits per heavy atom. The van der Waals surface area contributed by atoms with Gasteiger partial charge in [-0.05, 0) is 23.5 Å². The van der Waals surface area contributed by atoms with Crippen molar-refractivity contribution in [1.29, 1.82) is 0 Å². The molecule has 0 aliphatic carbocycles. The summed E-state index contributed by atoms with van der Waals surface area (Å²) in [4.78, 5) is 4.38. The van der Waals surface area contributed by atoms with Crippen LogP contribution in [-0.2, 0) is 5.41 Å². The first-order chi connectivity index (χ1) is 7.54. The van der Waals surface area contributed by atoms with Crippen molar-refractivity contribution in [2.45, 2.75) is 39.0 Å². The Hall–Kier alpha value is -1.49. The highest BCUT2D eigenvalue weighted by Crippen LogP contribution is 2.21. The van der Waals surface area contributed by atoms with Crippen LogP contribution in [0.15, 0.2) is 18.3 Å². The van der Waals surface area contributed by atoms with Gasteiger partial charge >= 0.3 is 0 Å². The normalized spacial score (nSPS) is 10.9. The zero-order valence-electron chi connectivity index (χ0n) is 10.4. The summed E-state index contributed by atoms with van der Waals surface area (Å²) in [7, 11) is 0. The van der Waals surface area contributed by atoms with Crippen molar-refractivity contribution in [2.75, 3.05) is 11.9 Å². The second-order valence-electron chi connectivity index (χ2n) is 4.92. The Labute approximate surface area is 98.5 Å². The SMILES string of the molecule is C#CCCCNc1ccc(C(C)(C)C)cn1. The fourth-order valence-corrected chi connectivity index (χ4v) is 1.35. The lowest BCUT2D eigenvalue weighted by molar-refractivity contribution is 0.587. The third-order valence-corrected chi connectivity index (χ3v) is 2.43. The van der Waals surface area contributed by atoms with Crippen LogP contribution < -0.4 is 5.32 Å². The van der Waals surface area contributed by atoms with Gasteiger partial charge in [-0.3, -0.25) is 0 Å². The van der Waals surface area contributed by atoms with E-state index >= 15 is 0 Å². The van der Waals surface area contributed by atoms with Gasteiger partial charge in [0.2, 0.25) is 0 Å². The van der Waals surface area contributed by atoms with Crippen LogP contribution in [0.3, 0.4) is 0 Å². The van der Waals surface area contributed by atoms with Crippen molar-refractivity contribution < 1.29 is 0 Å². The number of terminal acetylenes is 1. The molecule has 1 aromatic rings. The number of hydrogen-bond acceptors (Lipinski definition) is 2. The molecule has 0 aromatic carbocycles. The Bertz CT molecular complexity index is 352. The summed E-state index contributed by atoms with van der Waals surface area (Å²) in [5.41, 5.74) is 1.41.